The highest BCUT2D eigenvalue weighted by Gasteiger charge is 2.30. The molecule has 0 atom stereocenters. The molecule has 0 saturated heterocycles. The van der Waals surface area contributed by atoms with Gasteiger partial charge in [-0.1, -0.05) is 29.8 Å². The maximum absolute atomic E-state index is 12.3. The predicted octanol–water partition coefficient (Wildman–Crippen LogP) is 3.61. The van der Waals surface area contributed by atoms with Crippen molar-refractivity contribution in [2.75, 3.05) is 6.54 Å². The second-order valence-electron chi connectivity index (χ2n) is 6.81. The summed E-state index contributed by atoms with van der Waals surface area (Å²) in [5, 5.41) is 8.38. The SMILES string of the molecule is O=C1NCCn2nc3c(c21)CCc1cnc(/C=C/c2ccc(Cl)cc2)cc1-3. The third kappa shape index (κ3) is 2.84. The van der Waals surface area contributed by atoms with Crippen LogP contribution in [0.5, 0.6) is 0 Å². The van der Waals surface area contributed by atoms with Gasteiger partial charge in [-0.3, -0.25) is 14.5 Å². The van der Waals surface area contributed by atoms with Gasteiger partial charge in [-0.05, 0) is 48.2 Å². The van der Waals surface area contributed by atoms with Crippen molar-refractivity contribution in [3.63, 3.8) is 0 Å². The van der Waals surface area contributed by atoms with E-state index in [0.29, 0.717) is 6.54 Å². The van der Waals surface area contributed by atoms with Crippen molar-refractivity contribution in [1.82, 2.24) is 20.1 Å². The van der Waals surface area contributed by atoms with Gasteiger partial charge >= 0.3 is 0 Å². The van der Waals surface area contributed by atoms with E-state index < -0.39 is 0 Å². The summed E-state index contributed by atoms with van der Waals surface area (Å²) < 4.78 is 1.85. The number of fused-ring (bicyclic) bond motifs is 5. The molecule has 1 aromatic carbocycles. The summed E-state index contributed by atoms with van der Waals surface area (Å²) in [5.41, 5.74) is 6.89. The van der Waals surface area contributed by atoms with Crippen LogP contribution in [0.2, 0.25) is 5.02 Å². The number of hydrogen-bond acceptors (Lipinski definition) is 3. The molecule has 1 aliphatic heterocycles. The monoisotopic (exact) mass is 376 g/mol. The first-order chi connectivity index (χ1) is 13.2. The van der Waals surface area contributed by atoms with Crippen LogP contribution in [0.15, 0.2) is 36.5 Å². The highest BCUT2D eigenvalue weighted by Crippen LogP contribution is 2.35. The van der Waals surface area contributed by atoms with Crippen molar-refractivity contribution in [3.05, 3.63) is 69.6 Å². The topological polar surface area (TPSA) is 59.8 Å². The number of aryl methyl sites for hydroxylation is 1. The fourth-order valence-corrected chi connectivity index (χ4v) is 3.88. The molecule has 2 aromatic heterocycles. The summed E-state index contributed by atoms with van der Waals surface area (Å²) in [6, 6.07) is 9.74. The minimum atomic E-state index is -0.0182. The fourth-order valence-electron chi connectivity index (χ4n) is 3.75. The molecule has 3 aromatic rings. The zero-order valence-electron chi connectivity index (χ0n) is 14.6. The van der Waals surface area contributed by atoms with Crippen molar-refractivity contribution in [2.45, 2.75) is 19.4 Å². The molecular formula is C21H17ClN4O. The summed E-state index contributed by atoms with van der Waals surface area (Å²) in [7, 11) is 0. The number of hydrogen-bond donors (Lipinski definition) is 1. The van der Waals surface area contributed by atoms with Gasteiger partial charge in [-0.2, -0.15) is 5.10 Å². The Morgan fingerprint density at radius 3 is 2.85 bits per heavy atom. The number of nitrogens with one attached hydrogen (secondary N) is 1. The van der Waals surface area contributed by atoms with Crippen molar-refractivity contribution < 1.29 is 4.79 Å². The summed E-state index contributed by atoms with van der Waals surface area (Å²) >= 11 is 5.94. The number of carbonyl (C=O) groups excluding carboxylic acids is 1. The van der Waals surface area contributed by atoms with Crippen LogP contribution < -0.4 is 5.32 Å². The van der Waals surface area contributed by atoms with Crippen LogP contribution in [0.1, 0.15) is 32.9 Å². The molecule has 0 radical (unpaired) electrons. The van der Waals surface area contributed by atoms with Crippen LogP contribution in [-0.2, 0) is 19.4 Å². The second kappa shape index (κ2) is 6.35. The number of amides is 1. The van der Waals surface area contributed by atoms with E-state index >= 15 is 0 Å². The summed E-state index contributed by atoms with van der Waals surface area (Å²) in [4.78, 5) is 16.8. The van der Waals surface area contributed by atoms with E-state index in [1.54, 1.807) is 0 Å². The van der Waals surface area contributed by atoms with Crippen molar-refractivity contribution >= 4 is 29.7 Å². The van der Waals surface area contributed by atoms with E-state index in [0.717, 1.165) is 58.2 Å². The first-order valence-electron chi connectivity index (χ1n) is 9.00. The summed E-state index contributed by atoms with van der Waals surface area (Å²) in [6.45, 7) is 1.35. The van der Waals surface area contributed by atoms with Crippen molar-refractivity contribution in [3.8, 4) is 11.3 Å². The number of pyridine rings is 1. The largest absolute Gasteiger partial charge is 0.349 e. The molecule has 0 saturated carbocycles. The molecule has 3 heterocycles. The molecule has 134 valence electrons. The van der Waals surface area contributed by atoms with Gasteiger partial charge in [0.15, 0.2) is 0 Å². The number of halogens is 1. The highest BCUT2D eigenvalue weighted by molar-refractivity contribution is 6.30. The number of rotatable bonds is 2. The molecule has 0 bridgehead atoms. The van der Waals surface area contributed by atoms with E-state index in [1.165, 1.54) is 5.56 Å². The molecule has 1 amide bonds. The molecule has 5 nitrogen and oxygen atoms in total. The highest BCUT2D eigenvalue weighted by atomic mass is 35.5. The van der Waals surface area contributed by atoms with Gasteiger partial charge in [0.1, 0.15) is 5.69 Å². The lowest BCUT2D eigenvalue weighted by molar-refractivity contribution is 0.0923. The molecule has 1 aliphatic carbocycles. The van der Waals surface area contributed by atoms with E-state index in [-0.39, 0.29) is 5.91 Å². The van der Waals surface area contributed by atoms with Gasteiger partial charge in [0.25, 0.3) is 5.91 Å². The second-order valence-corrected chi connectivity index (χ2v) is 7.24. The third-order valence-electron chi connectivity index (χ3n) is 5.10. The van der Waals surface area contributed by atoms with Gasteiger partial charge in [-0.15, -0.1) is 0 Å². The molecule has 5 rings (SSSR count). The van der Waals surface area contributed by atoms with Gasteiger partial charge in [-0.25, -0.2) is 0 Å². The Bertz CT molecular complexity index is 1080. The van der Waals surface area contributed by atoms with Gasteiger partial charge in [0, 0.05) is 28.9 Å². The van der Waals surface area contributed by atoms with Crippen LogP contribution in [-0.4, -0.2) is 27.2 Å². The van der Waals surface area contributed by atoms with E-state index in [2.05, 4.69) is 16.4 Å². The Morgan fingerprint density at radius 2 is 2.00 bits per heavy atom. The van der Waals surface area contributed by atoms with E-state index in [4.69, 9.17) is 16.7 Å². The Morgan fingerprint density at radius 1 is 1.15 bits per heavy atom. The summed E-state index contributed by atoms with van der Waals surface area (Å²) in [5.74, 6) is -0.0182. The van der Waals surface area contributed by atoms with Crippen LogP contribution in [0, 0.1) is 0 Å². The predicted molar refractivity (Wildman–Crippen MR) is 106 cm³/mol. The summed E-state index contributed by atoms with van der Waals surface area (Å²) in [6.07, 6.45) is 7.63. The average Bonchev–Trinajstić information content (AvgIpc) is 3.08. The van der Waals surface area contributed by atoms with Gasteiger partial charge < -0.3 is 5.32 Å². The Kier molecular flexibility index (Phi) is 3.83. The Hall–Kier alpha value is -2.92. The first kappa shape index (κ1) is 16.3. The number of aromatic nitrogens is 3. The molecule has 6 heteroatoms. The molecule has 0 fully saturated rings. The van der Waals surface area contributed by atoms with Crippen molar-refractivity contribution in [1.29, 1.82) is 0 Å². The smallest absolute Gasteiger partial charge is 0.269 e. The standard InChI is InChI=1S/C21H17ClN4O/c22-15-5-1-13(2-6-15)3-7-16-11-18-14(12-24-16)4-8-17-19(18)25-26-10-9-23-21(27)20(17)26/h1-3,5-7,11-12H,4,8-10H2,(H,23,27)/b7-3+. The van der Waals surface area contributed by atoms with Crippen LogP contribution >= 0.6 is 11.6 Å². The zero-order chi connectivity index (χ0) is 18.4. The molecule has 1 N–H and O–H groups in total. The van der Waals surface area contributed by atoms with Gasteiger partial charge in [0.05, 0.1) is 17.9 Å². The van der Waals surface area contributed by atoms with Crippen LogP contribution in [0.3, 0.4) is 0 Å². The lowest BCUT2D eigenvalue weighted by Gasteiger charge is -2.17. The fraction of sp³-hybridized carbons (Fsp3) is 0.190. The van der Waals surface area contributed by atoms with E-state index in [9.17, 15) is 4.79 Å². The Labute approximate surface area is 161 Å². The molecule has 27 heavy (non-hydrogen) atoms. The minimum absolute atomic E-state index is 0.0182. The lowest BCUT2D eigenvalue weighted by atomic mass is 9.89. The number of carbonyl (C=O) groups is 1. The quantitative estimate of drug-likeness (QED) is 0.743. The van der Waals surface area contributed by atoms with Crippen LogP contribution in [0.4, 0.5) is 0 Å². The maximum Gasteiger partial charge on any atom is 0.269 e. The minimum Gasteiger partial charge on any atom is -0.349 e. The van der Waals surface area contributed by atoms with Crippen molar-refractivity contribution in [2.24, 2.45) is 0 Å². The van der Waals surface area contributed by atoms with Crippen LogP contribution in [0.25, 0.3) is 23.4 Å². The zero-order valence-corrected chi connectivity index (χ0v) is 15.3. The molecule has 0 unspecified atom stereocenters. The maximum atomic E-state index is 12.3. The first-order valence-corrected chi connectivity index (χ1v) is 9.38. The molecular weight excluding hydrogens is 360 g/mol. The third-order valence-corrected chi connectivity index (χ3v) is 5.35. The van der Waals surface area contributed by atoms with Gasteiger partial charge in [0.2, 0.25) is 0 Å². The number of benzene rings is 1. The lowest BCUT2D eigenvalue weighted by Crippen LogP contribution is -2.36. The van der Waals surface area contributed by atoms with E-state index in [1.807, 2.05) is 47.3 Å². The number of nitrogens with zero attached hydrogens (tertiary/aromatic N) is 3. The normalized spacial score (nSPS) is 15.2. The average molecular weight is 377 g/mol. The Balaban J connectivity index is 1.53. The molecule has 2 aliphatic rings. The molecule has 0 spiro atoms.